The van der Waals surface area contributed by atoms with E-state index < -0.39 is 0 Å². The number of rotatable bonds is 5. The molecule has 0 aromatic heterocycles. The van der Waals surface area contributed by atoms with Crippen molar-refractivity contribution in [2.75, 3.05) is 25.6 Å². The molecule has 136 valence electrons. The van der Waals surface area contributed by atoms with Crippen molar-refractivity contribution in [3.63, 3.8) is 0 Å². The number of para-hydroxylation sites is 1. The van der Waals surface area contributed by atoms with E-state index in [9.17, 15) is 4.79 Å². The molecule has 3 aromatic rings. The fourth-order valence-corrected chi connectivity index (χ4v) is 3.46. The zero-order chi connectivity index (χ0) is 18.6. The van der Waals surface area contributed by atoms with E-state index in [1.165, 1.54) is 5.56 Å². The molecule has 1 heterocycles. The third kappa shape index (κ3) is 3.44. The number of ether oxygens (including phenoxy) is 1. The molecule has 0 bridgehead atoms. The highest BCUT2D eigenvalue weighted by Gasteiger charge is 2.32. The van der Waals surface area contributed by atoms with Gasteiger partial charge in [0, 0.05) is 19.3 Å². The van der Waals surface area contributed by atoms with E-state index in [1.807, 2.05) is 47.4 Å². The van der Waals surface area contributed by atoms with E-state index in [2.05, 4.69) is 41.7 Å². The molecule has 1 aliphatic heterocycles. The van der Waals surface area contributed by atoms with Crippen molar-refractivity contribution >= 4 is 11.6 Å². The number of fused-ring (bicyclic) bond motifs is 1. The monoisotopic (exact) mass is 358 g/mol. The summed E-state index contributed by atoms with van der Waals surface area (Å²) in [5, 5.41) is 3.51. The SMILES string of the molecule is COCCN1C(=O)c2ccccc2N[C@H]1c1ccc(-c2ccccc2)cc1. The summed E-state index contributed by atoms with van der Waals surface area (Å²) in [7, 11) is 1.65. The number of carbonyl (C=O) groups excluding carboxylic acids is 1. The first-order valence-electron chi connectivity index (χ1n) is 9.09. The number of methoxy groups -OCH3 is 1. The van der Waals surface area contributed by atoms with Crippen molar-refractivity contribution in [2.24, 2.45) is 0 Å². The van der Waals surface area contributed by atoms with Crippen LogP contribution in [0, 0.1) is 0 Å². The van der Waals surface area contributed by atoms with Gasteiger partial charge < -0.3 is 15.0 Å². The molecule has 0 unspecified atom stereocenters. The minimum absolute atomic E-state index is 0.0264. The van der Waals surface area contributed by atoms with E-state index in [0.717, 1.165) is 16.8 Å². The Balaban J connectivity index is 1.67. The lowest BCUT2D eigenvalue weighted by Gasteiger charge is -2.38. The lowest BCUT2D eigenvalue weighted by atomic mass is 10.00. The maximum absolute atomic E-state index is 13.0. The van der Waals surface area contributed by atoms with Crippen LogP contribution in [0.15, 0.2) is 78.9 Å². The van der Waals surface area contributed by atoms with Gasteiger partial charge in [-0.3, -0.25) is 4.79 Å². The van der Waals surface area contributed by atoms with E-state index in [0.29, 0.717) is 18.7 Å². The minimum Gasteiger partial charge on any atom is -0.383 e. The summed E-state index contributed by atoms with van der Waals surface area (Å²) in [6, 6.07) is 26.3. The molecule has 0 saturated carbocycles. The molecule has 1 atom stereocenters. The fraction of sp³-hybridized carbons (Fsp3) is 0.174. The average molecular weight is 358 g/mol. The molecular formula is C23H22N2O2. The average Bonchev–Trinajstić information content (AvgIpc) is 2.74. The smallest absolute Gasteiger partial charge is 0.257 e. The van der Waals surface area contributed by atoms with Gasteiger partial charge in [-0.1, -0.05) is 66.7 Å². The number of benzene rings is 3. The van der Waals surface area contributed by atoms with Crippen molar-refractivity contribution < 1.29 is 9.53 Å². The first-order chi connectivity index (χ1) is 13.3. The molecular weight excluding hydrogens is 336 g/mol. The van der Waals surface area contributed by atoms with Crippen LogP contribution in [-0.2, 0) is 4.74 Å². The number of carbonyl (C=O) groups is 1. The molecule has 0 aliphatic carbocycles. The second-order valence-corrected chi connectivity index (χ2v) is 6.57. The van der Waals surface area contributed by atoms with Crippen LogP contribution in [0.5, 0.6) is 0 Å². The summed E-state index contributed by atoms with van der Waals surface area (Å²) in [6.07, 6.45) is -0.215. The Morgan fingerprint density at radius 3 is 2.30 bits per heavy atom. The van der Waals surface area contributed by atoms with E-state index in [4.69, 9.17) is 4.74 Å². The number of nitrogens with one attached hydrogen (secondary N) is 1. The van der Waals surface area contributed by atoms with Crippen LogP contribution >= 0.6 is 0 Å². The molecule has 1 N–H and O–H groups in total. The number of nitrogens with zero attached hydrogens (tertiary/aromatic N) is 1. The van der Waals surface area contributed by atoms with Crippen LogP contribution in [-0.4, -0.2) is 31.1 Å². The number of hydrogen-bond donors (Lipinski definition) is 1. The molecule has 1 aliphatic rings. The van der Waals surface area contributed by atoms with Gasteiger partial charge in [0.15, 0.2) is 0 Å². The molecule has 4 heteroatoms. The van der Waals surface area contributed by atoms with Gasteiger partial charge >= 0.3 is 0 Å². The van der Waals surface area contributed by atoms with Crippen LogP contribution < -0.4 is 5.32 Å². The molecule has 27 heavy (non-hydrogen) atoms. The van der Waals surface area contributed by atoms with Crippen LogP contribution in [0.2, 0.25) is 0 Å². The molecule has 3 aromatic carbocycles. The highest BCUT2D eigenvalue weighted by molar-refractivity contribution is 6.01. The van der Waals surface area contributed by atoms with Crippen LogP contribution in [0.3, 0.4) is 0 Å². The van der Waals surface area contributed by atoms with E-state index >= 15 is 0 Å². The van der Waals surface area contributed by atoms with Crippen molar-refractivity contribution in [3.8, 4) is 11.1 Å². The van der Waals surface area contributed by atoms with Crippen LogP contribution in [0.4, 0.5) is 5.69 Å². The second-order valence-electron chi connectivity index (χ2n) is 6.57. The molecule has 0 spiro atoms. The first-order valence-corrected chi connectivity index (χ1v) is 9.09. The number of anilines is 1. The van der Waals surface area contributed by atoms with Crippen LogP contribution in [0.1, 0.15) is 22.1 Å². The summed E-state index contributed by atoms with van der Waals surface area (Å²) in [4.78, 5) is 14.9. The van der Waals surface area contributed by atoms with Crippen molar-refractivity contribution in [1.82, 2.24) is 4.90 Å². The van der Waals surface area contributed by atoms with Gasteiger partial charge in [-0.15, -0.1) is 0 Å². The number of amides is 1. The van der Waals surface area contributed by atoms with Gasteiger partial charge in [-0.25, -0.2) is 0 Å². The lowest BCUT2D eigenvalue weighted by molar-refractivity contribution is 0.0609. The quantitative estimate of drug-likeness (QED) is 0.727. The Bertz CT molecular complexity index is 923. The van der Waals surface area contributed by atoms with Gasteiger partial charge in [0.2, 0.25) is 0 Å². The van der Waals surface area contributed by atoms with Crippen molar-refractivity contribution in [1.29, 1.82) is 0 Å². The summed E-state index contributed by atoms with van der Waals surface area (Å²) >= 11 is 0. The second kappa shape index (κ2) is 7.64. The predicted molar refractivity (Wildman–Crippen MR) is 108 cm³/mol. The predicted octanol–water partition coefficient (Wildman–Crippen LogP) is 4.57. The molecule has 4 rings (SSSR count). The van der Waals surface area contributed by atoms with Gasteiger partial charge in [-0.2, -0.15) is 0 Å². The summed E-state index contributed by atoms with van der Waals surface area (Å²) in [6.45, 7) is 1.02. The Kier molecular flexibility index (Phi) is 4.90. The third-order valence-corrected chi connectivity index (χ3v) is 4.89. The maximum atomic E-state index is 13.0. The van der Waals surface area contributed by atoms with Crippen molar-refractivity contribution in [2.45, 2.75) is 6.17 Å². The van der Waals surface area contributed by atoms with Crippen molar-refractivity contribution in [3.05, 3.63) is 90.0 Å². The Labute approximate surface area is 159 Å². The standard InChI is InChI=1S/C23H22N2O2/c1-27-16-15-25-22(24-21-10-6-5-9-20(21)23(25)26)19-13-11-18(12-14-19)17-7-3-2-4-8-17/h2-14,22,24H,15-16H2,1H3/t22-/m1/s1. The number of hydrogen-bond acceptors (Lipinski definition) is 3. The largest absolute Gasteiger partial charge is 0.383 e. The Morgan fingerprint density at radius 2 is 1.56 bits per heavy atom. The maximum Gasteiger partial charge on any atom is 0.257 e. The summed E-state index contributed by atoms with van der Waals surface area (Å²) in [5.41, 5.74) is 4.95. The van der Waals surface area contributed by atoms with Gasteiger partial charge in [0.05, 0.1) is 12.2 Å². The third-order valence-electron chi connectivity index (χ3n) is 4.89. The zero-order valence-electron chi connectivity index (χ0n) is 15.3. The normalized spacial score (nSPS) is 16.0. The summed E-state index contributed by atoms with van der Waals surface area (Å²) in [5.74, 6) is 0.0264. The molecule has 0 radical (unpaired) electrons. The Morgan fingerprint density at radius 1 is 0.889 bits per heavy atom. The highest BCUT2D eigenvalue weighted by atomic mass is 16.5. The molecule has 4 nitrogen and oxygen atoms in total. The van der Waals surface area contributed by atoms with Crippen LogP contribution in [0.25, 0.3) is 11.1 Å². The Hall–Kier alpha value is -3.11. The minimum atomic E-state index is -0.215. The van der Waals surface area contributed by atoms with Gasteiger partial charge in [0.1, 0.15) is 6.17 Å². The van der Waals surface area contributed by atoms with E-state index in [1.54, 1.807) is 7.11 Å². The fourth-order valence-electron chi connectivity index (χ4n) is 3.46. The first kappa shape index (κ1) is 17.3. The molecule has 1 amide bonds. The van der Waals surface area contributed by atoms with Gasteiger partial charge in [-0.05, 0) is 28.8 Å². The molecule has 0 fully saturated rings. The summed E-state index contributed by atoms with van der Waals surface area (Å²) < 4.78 is 5.22. The molecule has 0 saturated heterocycles. The topological polar surface area (TPSA) is 41.6 Å². The van der Waals surface area contributed by atoms with Gasteiger partial charge in [0.25, 0.3) is 5.91 Å². The zero-order valence-corrected chi connectivity index (χ0v) is 15.3. The highest BCUT2D eigenvalue weighted by Crippen LogP contribution is 2.33. The van der Waals surface area contributed by atoms with E-state index in [-0.39, 0.29) is 12.1 Å². The lowest BCUT2D eigenvalue weighted by Crippen LogP contribution is -2.44.